The van der Waals surface area contributed by atoms with Crippen molar-refractivity contribution < 1.29 is 4.74 Å². The second kappa shape index (κ2) is 4.01. The molecular weight excluding hydrogens is 154 g/mol. The van der Waals surface area contributed by atoms with Crippen LogP contribution in [-0.2, 0) is 0 Å². The van der Waals surface area contributed by atoms with Crippen molar-refractivity contribution >= 4 is 0 Å². The molecule has 66 valence electrons. The van der Waals surface area contributed by atoms with Crippen LogP contribution in [0.3, 0.4) is 0 Å². The highest BCUT2D eigenvalue weighted by molar-refractivity contribution is 5.09. The number of hydrogen-bond donors (Lipinski definition) is 1. The highest BCUT2D eigenvalue weighted by atomic mass is 16.5. The molecule has 0 saturated heterocycles. The van der Waals surface area contributed by atoms with E-state index < -0.39 is 0 Å². The minimum Gasteiger partial charge on any atom is -0.480 e. The van der Waals surface area contributed by atoms with Gasteiger partial charge < -0.3 is 10.5 Å². The number of rotatable bonds is 3. The van der Waals surface area contributed by atoms with E-state index in [2.05, 4.69) is 9.97 Å². The van der Waals surface area contributed by atoms with E-state index in [0.717, 1.165) is 12.1 Å². The maximum atomic E-state index is 5.74. The van der Waals surface area contributed by atoms with Crippen LogP contribution in [0, 0.1) is 0 Å². The van der Waals surface area contributed by atoms with Crippen LogP contribution < -0.4 is 10.5 Å². The third-order valence-electron chi connectivity index (χ3n) is 1.68. The first-order valence-corrected chi connectivity index (χ1v) is 3.89. The Morgan fingerprint density at radius 3 is 2.67 bits per heavy atom. The lowest BCUT2D eigenvalue weighted by atomic mass is 10.2. The molecule has 1 rings (SSSR count). The lowest BCUT2D eigenvalue weighted by Gasteiger charge is -2.06. The predicted octanol–water partition coefficient (Wildman–Crippen LogP) is 0.895. The fraction of sp³-hybridized carbons (Fsp3) is 0.500. The van der Waals surface area contributed by atoms with Crippen LogP contribution in [0.15, 0.2) is 12.4 Å². The normalized spacial score (nSPS) is 12.6. The predicted molar refractivity (Wildman–Crippen MR) is 45.8 cm³/mol. The van der Waals surface area contributed by atoms with Gasteiger partial charge in [-0.25, -0.2) is 4.98 Å². The average molecular weight is 167 g/mol. The number of ether oxygens (including phenoxy) is 1. The third-order valence-corrected chi connectivity index (χ3v) is 1.68. The van der Waals surface area contributed by atoms with Crippen LogP contribution >= 0.6 is 0 Å². The Labute approximate surface area is 71.8 Å². The van der Waals surface area contributed by atoms with Gasteiger partial charge in [-0.15, -0.1) is 0 Å². The van der Waals surface area contributed by atoms with Crippen LogP contribution in [0.4, 0.5) is 0 Å². The summed E-state index contributed by atoms with van der Waals surface area (Å²) in [6, 6.07) is -0.0246. The molecule has 0 fully saturated rings. The van der Waals surface area contributed by atoms with Gasteiger partial charge in [0.05, 0.1) is 25.2 Å². The third kappa shape index (κ3) is 1.92. The zero-order chi connectivity index (χ0) is 8.97. The van der Waals surface area contributed by atoms with Crippen molar-refractivity contribution in [2.24, 2.45) is 5.73 Å². The van der Waals surface area contributed by atoms with E-state index in [1.54, 1.807) is 19.5 Å². The molecule has 0 radical (unpaired) electrons. The maximum absolute atomic E-state index is 5.74. The van der Waals surface area contributed by atoms with Gasteiger partial charge in [0.25, 0.3) is 0 Å². The second-order valence-corrected chi connectivity index (χ2v) is 2.50. The molecule has 0 aliphatic heterocycles. The van der Waals surface area contributed by atoms with Crippen molar-refractivity contribution in [3.8, 4) is 5.88 Å². The number of nitrogens with two attached hydrogens (primary N) is 1. The van der Waals surface area contributed by atoms with E-state index in [1.165, 1.54) is 0 Å². The Hall–Kier alpha value is -1.16. The van der Waals surface area contributed by atoms with Crippen molar-refractivity contribution in [1.29, 1.82) is 0 Å². The first kappa shape index (κ1) is 8.93. The summed E-state index contributed by atoms with van der Waals surface area (Å²) in [5.74, 6) is 0.516. The molecule has 0 aliphatic rings. The van der Waals surface area contributed by atoms with E-state index in [9.17, 15) is 0 Å². The molecule has 0 amide bonds. The highest BCUT2D eigenvalue weighted by Crippen LogP contribution is 2.11. The fourth-order valence-electron chi connectivity index (χ4n) is 0.832. The molecule has 0 saturated carbocycles. The summed E-state index contributed by atoms with van der Waals surface area (Å²) in [5.41, 5.74) is 6.55. The van der Waals surface area contributed by atoms with Crippen molar-refractivity contribution in [2.45, 2.75) is 19.4 Å². The maximum Gasteiger partial charge on any atom is 0.231 e. The van der Waals surface area contributed by atoms with Gasteiger partial charge in [-0.1, -0.05) is 6.92 Å². The monoisotopic (exact) mass is 167 g/mol. The largest absolute Gasteiger partial charge is 0.480 e. The summed E-state index contributed by atoms with van der Waals surface area (Å²) in [6.07, 6.45) is 4.08. The quantitative estimate of drug-likeness (QED) is 0.726. The first-order valence-electron chi connectivity index (χ1n) is 3.89. The van der Waals surface area contributed by atoms with Crippen LogP contribution in [0.5, 0.6) is 5.88 Å². The summed E-state index contributed by atoms with van der Waals surface area (Å²) in [5, 5.41) is 0. The Bertz CT molecular complexity index is 235. The first-order chi connectivity index (χ1) is 5.77. The summed E-state index contributed by atoms with van der Waals surface area (Å²) in [7, 11) is 1.56. The SMILES string of the molecule is CC[C@@H](N)c1cnc(OC)cn1. The van der Waals surface area contributed by atoms with Crippen LogP contribution in [-0.4, -0.2) is 17.1 Å². The van der Waals surface area contributed by atoms with Gasteiger partial charge in [-0.3, -0.25) is 4.98 Å². The smallest absolute Gasteiger partial charge is 0.231 e. The number of nitrogens with zero attached hydrogens (tertiary/aromatic N) is 2. The molecule has 1 atom stereocenters. The van der Waals surface area contributed by atoms with Crippen LogP contribution in [0.1, 0.15) is 25.1 Å². The van der Waals surface area contributed by atoms with Gasteiger partial charge in [0.2, 0.25) is 5.88 Å². The topological polar surface area (TPSA) is 61.0 Å². The standard InChI is InChI=1S/C8H13N3O/c1-3-6(9)7-4-11-8(12-2)5-10-7/h4-6H,3,9H2,1-2H3/t6-/m1/s1. The van der Waals surface area contributed by atoms with E-state index in [0.29, 0.717) is 5.88 Å². The minimum atomic E-state index is -0.0246. The summed E-state index contributed by atoms with van der Waals surface area (Å²) in [6.45, 7) is 2.01. The molecule has 2 N–H and O–H groups in total. The minimum absolute atomic E-state index is 0.0246. The zero-order valence-electron chi connectivity index (χ0n) is 7.32. The molecule has 12 heavy (non-hydrogen) atoms. The Balaban J connectivity index is 2.77. The summed E-state index contributed by atoms with van der Waals surface area (Å²) in [4.78, 5) is 8.11. The molecule has 0 bridgehead atoms. The average Bonchev–Trinajstić information content (AvgIpc) is 2.17. The number of methoxy groups -OCH3 is 1. The van der Waals surface area contributed by atoms with Crippen molar-refractivity contribution in [1.82, 2.24) is 9.97 Å². The van der Waals surface area contributed by atoms with Gasteiger partial charge in [0.1, 0.15) is 0 Å². The highest BCUT2D eigenvalue weighted by Gasteiger charge is 2.04. The Kier molecular flexibility index (Phi) is 2.99. The van der Waals surface area contributed by atoms with Gasteiger partial charge >= 0.3 is 0 Å². The summed E-state index contributed by atoms with van der Waals surface area (Å²) < 4.78 is 4.87. The van der Waals surface area contributed by atoms with Crippen molar-refractivity contribution in [3.05, 3.63) is 18.1 Å². The van der Waals surface area contributed by atoms with E-state index in [4.69, 9.17) is 10.5 Å². The van der Waals surface area contributed by atoms with Gasteiger partial charge in [-0.2, -0.15) is 0 Å². The van der Waals surface area contributed by atoms with E-state index in [1.807, 2.05) is 6.92 Å². The van der Waals surface area contributed by atoms with Crippen molar-refractivity contribution in [3.63, 3.8) is 0 Å². The second-order valence-electron chi connectivity index (χ2n) is 2.50. The lowest BCUT2D eigenvalue weighted by molar-refractivity contribution is 0.394. The molecule has 1 aromatic rings. The molecule has 4 heteroatoms. The lowest BCUT2D eigenvalue weighted by Crippen LogP contribution is -2.10. The molecule has 0 unspecified atom stereocenters. The van der Waals surface area contributed by atoms with Gasteiger partial charge in [0, 0.05) is 6.04 Å². The molecule has 0 aromatic carbocycles. The molecule has 0 aliphatic carbocycles. The van der Waals surface area contributed by atoms with Gasteiger partial charge in [0.15, 0.2) is 0 Å². The zero-order valence-corrected chi connectivity index (χ0v) is 7.32. The van der Waals surface area contributed by atoms with Crippen LogP contribution in [0.2, 0.25) is 0 Å². The van der Waals surface area contributed by atoms with E-state index >= 15 is 0 Å². The summed E-state index contributed by atoms with van der Waals surface area (Å²) >= 11 is 0. The molecule has 1 heterocycles. The molecule has 0 spiro atoms. The molecular formula is C8H13N3O. The Morgan fingerprint density at radius 2 is 2.25 bits per heavy atom. The van der Waals surface area contributed by atoms with Gasteiger partial charge in [-0.05, 0) is 6.42 Å². The van der Waals surface area contributed by atoms with Crippen molar-refractivity contribution in [2.75, 3.05) is 7.11 Å². The molecule has 4 nitrogen and oxygen atoms in total. The van der Waals surface area contributed by atoms with E-state index in [-0.39, 0.29) is 6.04 Å². The van der Waals surface area contributed by atoms with Crippen LogP contribution in [0.25, 0.3) is 0 Å². The Morgan fingerprint density at radius 1 is 1.50 bits per heavy atom. The molecule has 1 aromatic heterocycles. The number of aromatic nitrogens is 2. The fourth-order valence-corrected chi connectivity index (χ4v) is 0.832. The number of hydrogen-bond acceptors (Lipinski definition) is 4.